The molecule has 3 N–H and O–H groups in total. The number of rotatable bonds is 1. The van der Waals surface area contributed by atoms with Gasteiger partial charge in [-0.3, -0.25) is 0 Å². The van der Waals surface area contributed by atoms with E-state index >= 15 is 0 Å². The Labute approximate surface area is 131 Å². The van der Waals surface area contributed by atoms with Gasteiger partial charge in [0.25, 0.3) is 0 Å². The van der Waals surface area contributed by atoms with Crippen LogP contribution in [0.1, 0.15) is 30.9 Å². The molecule has 21 heavy (non-hydrogen) atoms. The lowest BCUT2D eigenvalue weighted by molar-refractivity contribution is 0.316. The third-order valence-electron chi connectivity index (χ3n) is 4.12. The van der Waals surface area contributed by atoms with Gasteiger partial charge in [0.05, 0.1) is 11.9 Å². The molecular formula is C15H15BrN4O. The first-order valence-electron chi connectivity index (χ1n) is 6.55. The average molecular weight is 347 g/mol. The second-order valence-electron chi connectivity index (χ2n) is 5.68. The van der Waals surface area contributed by atoms with Gasteiger partial charge in [-0.05, 0) is 17.7 Å². The van der Waals surface area contributed by atoms with Crippen molar-refractivity contribution in [3.63, 3.8) is 0 Å². The fourth-order valence-electron chi connectivity index (χ4n) is 3.12. The molecule has 0 amide bonds. The van der Waals surface area contributed by atoms with Crippen molar-refractivity contribution in [2.45, 2.75) is 25.2 Å². The van der Waals surface area contributed by atoms with E-state index in [0.29, 0.717) is 5.82 Å². The lowest BCUT2D eigenvalue weighted by Crippen LogP contribution is -2.34. The first kappa shape index (κ1) is 14.0. The third-order valence-corrected chi connectivity index (χ3v) is 4.61. The van der Waals surface area contributed by atoms with E-state index in [4.69, 9.17) is 10.9 Å². The second kappa shape index (κ2) is 4.80. The summed E-state index contributed by atoms with van der Waals surface area (Å²) in [6.07, 6.45) is 3.02. The Morgan fingerprint density at radius 1 is 1.38 bits per heavy atom. The number of fused-ring (bicyclic) bond motifs is 3. The van der Waals surface area contributed by atoms with Crippen LogP contribution < -0.4 is 5.73 Å². The van der Waals surface area contributed by atoms with Crippen LogP contribution in [0, 0.1) is 0 Å². The molecule has 0 fully saturated rings. The average Bonchev–Trinajstić information content (AvgIpc) is 2.43. The predicted octanol–water partition coefficient (Wildman–Crippen LogP) is 3.32. The molecule has 0 saturated carbocycles. The van der Waals surface area contributed by atoms with E-state index in [1.54, 1.807) is 6.21 Å². The summed E-state index contributed by atoms with van der Waals surface area (Å²) in [4.78, 5) is 8.55. The third kappa shape index (κ3) is 2.01. The molecular weight excluding hydrogens is 332 g/mol. The van der Waals surface area contributed by atoms with Crippen molar-refractivity contribution in [2.24, 2.45) is 5.16 Å². The summed E-state index contributed by atoms with van der Waals surface area (Å²) in [5, 5.41) is 12.3. The number of nitrogens with two attached hydrogens (primary N) is 1. The maximum atomic E-state index is 9.06. The molecule has 6 heteroatoms. The summed E-state index contributed by atoms with van der Waals surface area (Å²) in [5.41, 5.74) is 9.50. The number of oxime groups is 1. The van der Waals surface area contributed by atoms with Crippen LogP contribution in [-0.2, 0) is 5.41 Å². The van der Waals surface area contributed by atoms with Crippen molar-refractivity contribution < 1.29 is 5.21 Å². The Balaban J connectivity index is 2.40. The SMILES string of the molecule is CC1(C)c2c(N)ncnc2-c2ccc(Br)cc2C1C=NO. The van der Waals surface area contributed by atoms with Crippen LogP contribution in [0.5, 0.6) is 0 Å². The smallest absolute Gasteiger partial charge is 0.131 e. The fourth-order valence-corrected chi connectivity index (χ4v) is 3.50. The number of halogens is 1. The van der Waals surface area contributed by atoms with E-state index in [2.05, 4.69) is 44.9 Å². The minimum atomic E-state index is -0.374. The van der Waals surface area contributed by atoms with Crippen molar-refractivity contribution >= 4 is 28.0 Å². The Morgan fingerprint density at radius 2 is 2.14 bits per heavy atom. The lowest BCUT2D eigenvalue weighted by atomic mass is 9.65. The molecule has 1 unspecified atom stereocenters. The molecule has 0 spiro atoms. The monoisotopic (exact) mass is 346 g/mol. The maximum absolute atomic E-state index is 9.06. The Hall–Kier alpha value is -1.95. The van der Waals surface area contributed by atoms with Crippen LogP contribution in [0.15, 0.2) is 34.2 Å². The van der Waals surface area contributed by atoms with Crippen LogP contribution in [0.4, 0.5) is 5.82 Å². The van der Waals surface area contributed by atoms with Crippen molar-refractivity contribution in [3.8, 4) is 11.3 Å². The summed E-state index contributed by atoms with van der Waals surface area (Å²) in [5.74, 6) is 0.353. The van der Waals surface area contributed by atoms with Crippen molar-refractivity contribution in [1.29, 1.82) is 0 Å². The molecule has 1 atom stereocenters. The van der Waals surface area contributed by atoms with E-state index in [1.165, 1.54) is 6.33 Å². The van der Waals surface area contributed by atoms with E-state index in [-0.39, 0.29) is 11.3 Å². The van der Waals surface area contributed by atoms with Crippen LogP contribution >= 0.6 is 15.9 Å². The second-order valence-corrected chi connectivity index (χ2v) is 6.59. The summed E-state index contributed by atoms with van der Waals surface area (Å²) in [6, 6.07) is 6.00. The summed E-state index contributed by atoms with van der Waals surface area (Å²) >= 11 is 3.50. The molecule has 2 aromatic rings. The number of hydrogen-bond acceptors (Lipinski definition) is 5. The summed E-state index contributed by atoms with van der Waals surface area (Å²) in [7, 11) is 0. The first-order valence-corrected chi connectivity index (χ1v) is 7.34. The molecule has 1 aliphatic carbocycles. The van der Waals surface area contributed by atoms with Crippen LogP contribution in [0.3, 0.4) is 0 Å². The van der Waals surface area contributed by atoms with Gasteiger partial charge in [-0.15, -0.1) is 5.16 Å². The van der Waals surface area contributed by atoms with Gasteiger partial charge in [0, 0.05) is 26.9 Å². The van der Waals surface area contributed by atoms with Gasteiger partial charge in [-0.1, -0.05) is 35.8 Å². The molecule has 0 bridgehead atoms. The van der Waals surface area contributed by atoms with Crippen LogP contribution in [0.2, 0.25) is 0 Å². The molecule has 0 saturated heterocycles. The highest BCUT2D eigenvalue weighted by Gasteiger charge is 2.41. The molecule has 1 aromatic heterocycles. The van der Waals surface area contributed by atoms with Crippen LogP contribution in [-0.4, -0.2) is 21.4 Å². The molecule has 5 nitrogen and oxygen atoms in total. The summed E-state index contributed by atoms with van der Waals surface area (Å²) < 4.78 is 0.971. The van der Waals surface area contributed by atoms with Gasteiger partial charge in [-0.2, -0.15) is 0 Å². The molecule has 1 aliphatic rings. The largest absolute Gasteiger partial charge is 0.411 e. The van der Waals surface area contributed by atoms with E-state index in [0.717, 1.165) is 26.9 Å². The number of benzene rings is 1. The zero-order valence-corrected chi connectivity index (χ0v) is 13.3. The molecule has 3 rings (SSSR count). The highest BCUT2D eigenvalue weighted by Crippen LogP contribution is 2.50. The number of hydrogen-bond donors (Lipinski definition) is 2. The number of nitrogen functional groups attached to an aromatic ring is 1. The van der Waals surface area contributed by atoms with Gasteiger partial charge in [0.15, 0.2) is 0 Å². The molecule has 1 heterocycles. The van der Waals surface area contributed by atoms with Gasteiger partial charge in [0.1, 0.15) is 12.1 Å². The molecule has 108 valence electrons. The van der Waals surface area contributed by atoms with Gasteiger partial charge in [0.2, 0.25) is 0 Å². The Bertz CT molecular complexity index is 742. The zero-order valence-electron chi connectivity index (χ0n) is 11.7. The number of aromatic nitrogens is 2. The summed E-state index contributed by atoms with van der Waals surface area (Å²) in [6.45, 7) is 4.11. The minimum Gasteiger partial charge on any atom is -0.411 e. The number of anilines is 1. The van der Waals surface area contributed by atoms with Crippen molar-refractivity contribution in [1.82, 2.24) is 9.97 Å². The van der Waals surface area contributed by atoms with Crippen molar-refractivity contribution in [2.75, 3.05) is 5.73 Å². The highest BCUT2D eigenvalue weighted by molar-refractivity contribution is 9.10. The van der Waals surface area contributed by atoms with Gasteiger partial charge < -0.3 is 10.9 Å². The van der Waals surface area contributed by atoms with E-state index in [1.807, 2.05) is 18.2 Å². The normalized spacial score (nSPS) is 19.3. The zero-order chi connectivity index (χ0) is 15.2. The van der Waals surface area contributed by atoms with E-state index < -0.39 is 0 Å². The topological polar surface area (TPSA) is 84.4 Å². The molecule has 1 aromatic carbocycles. The van der Waals surface area contributed by atoms with Gasteiger partial charge >= 0.3 is 0 Å². The van der Waals surface area contributed by atoms with Gasteiger partial charge in [-0.25, -0.2) is 9.97 Å². The van der Waals surface area contributed by atoms with E-state index in [9.17, 15) is 0 Å². The Kier molecular flexibility index (Phi) is 3.20. The Morgan fingerprint density at radius 3 is 2.86 bits per heavy atom. The quantitative estimate of drug-likeness (QED) is 0.471. The first-order chi connectivity index (χ1) is 9.96. The minimum absolute atomic E-state index is 0.115. The predicted molar refractivity (Wildman–Crippen MR) is 85.6 cm³/mol. The fraction of sp³-hybridized carbons (Fsp3) is 0.267. The lowest BCUT2D eigenvalue weighted by Gasteiger charge is -2.39. The molecule has 0 aliphatic heterocycles. The number of nitrogens with zero attached hydrogens (tertiary/aromatic N) is 3. The molecule has 0 radical (unpaired) electrons. The van der Waals surface area contributed by atoms with Crippen LogP contribution in [0.25, 0.3) is 11.3 Å². The highest BCUT2D eigenvalue weighted by atomic mass is 79.9. The standard InChI is InChI=1S/C15H15BrN4O/c1-15(2)11(6-20-21)10-5-8(16)3-4-9(10)13-12(15)14(17)19-7-18-13/h3-7,11,21H,1-2H3,(H2,17,18,19). The van der Waals surface area contributed by atoms with Crippen molar-refractivity contribution in [3.05, 3.63) is 40.1 Å². The maximum Gasteiger partial charge on any atom is 0.131 e.